The van der Waals surface area contributed by atoms with Crippen LogP contribution in [-0.2, 0) is 4.79 Å². The summed E-state index contributed by atoms with van der Waals surface area (Å²) in [5.41, 5.74) is 1.31. The normalized spacial score (nSPS) is 10.9. The van der Waals surface area contributed by atoms with Crippen molar-refractivity contribution in [2.45, 2.75) is 6.92 Å². The molecule has 5 nitrogen and oxygen atoms in total. The number of nitrogens with zero attached hydrogens (tertiary/aromatic N) is 2. The number of aliphatic hydroxyl groups excluding tert-OH is 1. The molecule has 0 radical (unpaired) electrons. The zero-order valence-electron chi connectivity index (χ0n) is 10.7. The molecule has 0 atom stereocenters. The lowest BCUT2D eigenvalue weighted by atomic mass is 10.1. The Kier molecular flexibility index (Phi) is 5.58. The molecule has 0 aromatic heterocycles. The molecule has 0 aliphatic heterocycles. The van der Waals surface area contributed by atoms with Crippen LogP contribution in [0.15, 0.2) is 29.8 Å². The molecule has 0 heterocycles. The summed E-state index contributed by atoms with van der Waals surface area (Å²) in [6, 6.07) is 8.80. The summed E-state index contributed by atoms with van der Waals surface area (Å²) >= 11 is 0. The van der Waals surface area contributed by atoms with Crippen molar-refractivity contribution in [3.8, 4) is 6.07 Å². The van der Waals surface area contributed by atoms with Crippen LogP contribution in [-0.4, -0.2) is 35.9 Å². The highest BCUT2D eigenvalue weighted by Crippen LogP contribution is 2.16. The largest absolute Gasteiger partial charge is 0.477 e. The van der Waals surface area contributed by atoms with E-state index >= 15 is 0 Å². The molecule has 0 amide bonds. The Balaban J connectivity index is 2.93. The Bertz CT molecular complexity index is 500. The van der Waals surface area contributed by atoms with E-state index in [1.807, 2.05) is 24.0 Å². The highest BCUT2D eigenvalue weighted by atomic mass is 16.4. The molecule has 0 unspecified atom stereocenters. The summed E-state index contributed by atoms with van der Waals surface area (Å²) in [5, 5.41) is 26.4. The first-order valence-electron chi connectivity index (χ1n) is 5.93. The molecule has 0 aliphatic carbocycles. The molecule has 19 heavy (non-hydrogen) atoms. The number of hydrogen-bond acceptors (Lipinski definition) is 4. The van der Waals surface area contributed by atoms with Gasteiger partial charge in [0.15, 0.2) is 0 Å². The zero-order valence-corrected chi connectivity index (χ0v) is 10.7. The number of carboxylic acids is 1. The number of anilines is 1. The number of aliphatic carboxylic acids is 1. The topological polar surface area (TPSA) is 84.6 Å². The van der Waals surface area contributed by atoms with Gasteiger partial charge < -0.3 is 15.1 Å². The predicted molar refractivity (Wildman–Crippen MR) is 72.6 cm³/mol. The number of likely N-dealkylation sites (N-methyl/N-ethyl adjacent to an activating group) is 1. The summed E-state index contributed by atoms with van der Waals surface area (Å²) < 4.78 is 0. The monoisotopic (exact) mass is 260 g/mol. The van der Waals surface area contributed by atoms with Crippen molar-refractivity contribution in [3.63, 3.8) is 0 Å². The van der Waals surface area contributed by atoms with Gasteiger partial charge in [0.1, 0.15) is 11.6 Å². The third-order valence-electron chi connectivity index (χ3n) is 2.67. The Labute approximate surface area is 112 Å². The first-order chi connectivity index (χ1) is 9.12. The minimum atomic E-state index is -1.23. The van der Waals surface area contributed by atoms with Crippen molar-refractivity contribution in [1.82, 2.24) is 0 Å². The molecule has 1 aromatic carbocycles. The van der Waals surface area contributed by atoms with Gasteiger partial charge in [-0.25, -0.2) is 4.79 Å². The second-order valence-corrected chi connectivity index (χ2v) is 3.87. The Morgan fingerprint density at radius 3 is 2.47 bits per heavy atom. The first kappa shape index (κ1) is 14.7. The van der Waals surface area contributed by atoms with E-state index in [0.717, 1.165) is 12.2 Å². The van der Waals surface area contributed by atoms with Gasteiger partial charge in [-0.15, -0.1) is 0 Å². The molecule has 100 valence electrons. The lowest BCUT2D eigenvalue weighted by Crippen LogP contribution is -2.25. The molecule has 0 fully saturated rings. The van der Waals surface area contributed by atoms with Gasteiger partial charge in [-0.05, 0) is 30.7 Å². The molecule has 0 saturated carbocycles. The van der Waals surface area contributed by atoms with Gasteiger partial charge in [0.25, 0.3) is 0 Å². The summed E-state index contributed by atoms with van der Waals surface area (Å²) in [6.07, 6.45) is 1.33. The van der Waals surface area contributed by atoms with Crippen molar-refractivity contribution < 1.29 is 15.0 Å². The quantitative estimate of drug-likeness (QED) is 0.598. The molecule has 1 rings (SSSR count). The van der Waals surface area contributed by atoms with Crippen molar-refractivity contribution in [1.29, 1.82) is 5.26 Å². The number of rotatable bonds is 6. The minimum Gasteiger partial charge on any atom is -0.477 e. The van der Waals surface area contributed by atoms with E-state index in [-0.39, 0.29) is 12.2 Å². The predicted octanol–water partition coefficient (Wildman–Crippen LogP) is 1.50. The van der Waals surface area contributed by atoms with E-state index in [2.05, 4.69) is 0 Å². The minimum absolute atomic E-state index is 0.0765. The maximum atomic E-state index is 10.7. The van der Waals surface area contributed by atoms with Crippen molar-refractivity contribution >= 4 is 17.7 Å². The molecular weight excluding hydrogens is 244 g/mol. The second kappa shape index (κ2) is 7.19. The summed E-state index contributed by atoms with van der Waals surface area (Å²) in [7, 11) is 0. The van der Waals surface area contributed by atoms with Crippen molar-refractivity contribution in [2.24, 2.45) is 0 Å². The number of carboxylic acid groups (broad SMARTS) is 1. The Hall–Kier alpha value is -2.32. The van der Waals surface area contributed by atoms with Crippen LogP contribution in [0.5, 0.6) is 0 Å². The van der Waals surface area contributed by atoms with E-state index in [4.69, 9.17) is 15.5 Å². The fourth-order valence-corrected chi connectivity index (χ4v) is 1.68. The number of benzene rings is 1. The van der Waals surface area contributed by atoms with Gasteiger partial charge in [0, 0.05) is 18.8 Å². The molecular formula is C14H16N2O3. The molecule has 0 aliphatic rings. The number of hydrogen-bond donors (Lipinski definition) is 2. The van der Waals surface area contributed by atoms with Crippen LogP contribution in [0.4, 0.5) is 5.69 Å². The standard InChI is InChI=1S/C14H16N2O3/c1-2-16(7-8-17)13-5-3-11(4-6-13)9-12(10-15)14(18)19/h3-6,9,17H,2,7-8H2,1H3,(H,18,19). The summed E-state index contributed by atoms with van der Waals surface area (Å²) in [6.45, 7) is 3.38. The highest BCUT2D eigenvalue weighted by Gasteiger charge is 2.06. The van der Waals surface area contributed by atoms with E-state index in [0.29, 0.717) is 12.1 Å². The number of aliphatic hydroxyl groups is 1. The van der Waals surface area contributed by atoms with E-state index in [1.165, 1.54) is 6.08 Å². The third-order valence-corrected chi connectivity index (χ3v) is 2.67. The average molecular weight is 260 g/mol. The molecule has 0 spiro atoms. The first-order valence-corrected chi connectivity index (χ1v) is 5.93. The second-order valence-electron chi connectivity index (χ2n) is 3.87. The van der Waals surface area contributed by atoms with Crippen LogP contribution < -0.4 is 4.90 Å². The molecule has 0 saturated heterocycles. The van der Waals surface area contributed by atoms with Gasteiger partial charge in [0.2, 0.25) is 0 Å². The van der Waals surface area contributed by atoms with Gasteiger partial charge in [-0.3, -0.25) is 0 Å². The SMILES string of the molecule is CCN(CCO)c1ccc(C=C(C#N)C(=O)O)cc1. The van der Waals surface area contributed by atoms with Crippen LogP contribution in [0.2, 0.25) is 0 Å². The molecule has 2 N–H and O–H groups in total. The fourth-order valence-electron chi connectivity index (χ4n) is 1.68. The van der Waals surface area contributed by atoms with Crippen LogP contribution in [0.25, 0.3) is 6.08 Å². The summed E-state index contributed by atoms with van der Waals surface area (Å²) in [4.78, 5) is 12.7. The molecule has 5 heteroatoms. The maximum absolute atomic E-state index is 10.7. The third kappa shape index (κ3) is 4.12. The van der Waals surface area contributed by atoms with Crippen LogP contribution in [0.1, 0.15) is 12.5 Å². The number of nitriles is 1. The van der Waals surface area contributed by atoms with Crippen molar-refractivity contribution in [3.05, 3.63) is 35.4 Å². The Morgan fingerprint density at radius 1 is 1.42 bits per heavy atom. The highest BCUT2D eigenvalue weighted by molar-refractivity contribution is 5.96. The van der Waals surface area contributed by atoms with Gasteiger partial charge in [0.05, 0.1) is 6.61 Å². The van der Waals surface area contributed by atoms with Crippen LogP contribution in [0, 0.1) is 11.3 Å². The maximum Gasteiger partial charge on any atom is 0.346 e. The smallest absolute Gasteiger partial charge is 0.346 e. The fraction of sp³-hybridized carbons (Fsp3) is 0.286. The number of carbonyl (C=O) groups is 1. The Morgan fingerprint density at radius 2 is 2.05 bits per heavy atom. The lowest BCUT2D eigenvalue weighted by Gasteiger charge is -2.21. The van der Waals surface area contributed by atoms with Crippen LogP contribution >= 0.6 is 0 Å². The summed E-state index contributed by atoms with van der Waals surface area (Å²) in [5.74, 6) is -1.23. The van der Waals surface area contributed by atoms with Crippen molar-refractivity contribution in [2.75, 3.05) is 24.6 Å². The molecule has 0 bridgehead atoms. The van der Waals surface area contributed by atoms with E-state index in [9.17, 15) is 4.79 Å². The lowest BCUT2D eigenvalue weighted by molar-refractivity contribution is -0.132. The van der Waals surface area contributed by atoms with E-state index < -0.39 is 5.97 Å². The van der Waals surface area contributed by atoms with E-state index in [1.54, 1.807) is 18.2 Å². The van der Waals surface area contributed by atoms with Crippen LogP contribution in [0.3, 0.4) is 0 Å². The average Bonchev–Trinajstić information content (AvgIpc) is 2.42. The molecule has 1 aromatic rings. The van der Waals surface area contributed by atoms with Gasteiger partial charge in [-0.1, -0.05) is 12.1 Å². The zero-order chi connectivity index (χ0) is 14.3. The van der Waals surface area contributed by atoms with Gasteiger partial charge in [-0.2, -0.15) is 5.26 Å². The van der Waals surface area contributed by atoms with Gasteiger partial charge >= 0.3 is 5.97 Å².